The molecule has 1 atom stereocenters. The maximum absolute atomic E-state index is 8.81. The minimum Gasteiger partial charge on any atom is -0.198 e. The number of fused-ring (bicyclic) bond motifs is 1. The van der Waals surface area contributed by atoms with Crippen molar-refractivity contribution in [3.05, 3.63) is 48.0 Å². The van der Waals surface area contributed by atoms with Crippen LogP contribution >= 0.6 is 0 Å². The Kier molecular flexibility index (Phi) is 2.20. The zero-order valence-electron chi connectivity index (χ0n) is 8.07. The van der Waals surface area contributed by atoms with Crippen LogP contribution in [-0.2, 0) is 0 Å². The molecule has 0 aliphatic carbocycles. The maximum Gasteiger partial charge on any atom is 0.0700 e. The normalized spacial score (nSPS) is 12.3. The molecule has 1 heteroatoms. The van der Waals surface area contributed by atoms with Crippen LogP contribution in [0.3, 0.4) is 0 Å². The molecule has 1 nitrogen and oxygen atoms in total. The van der Waals surface area contributed by atoms with E-state index < -0.39 is 0 Å². The highest BCUT2D eigenvalue weighted by Crippen LogP contribution is 2.20. The summed E-state index contributed by atoms with van der Waals surface area (Å²) < 4.78 is 0. The van der Waals surface area contributed by atoms with Gasteiger partial charge in [0, 0.05) is 0 Å². The molecule has 0 unspecified atom stereocenters. The summed E-state index contributed by atoms with van der Waals surface area (Å²) >= 11 is 0. The molecule has 0 saturated carbocycles. The number of hydrogen-bond acceptors (Lipinski definition) is 1. The van der Waals surface area contributed by atoms with Gasteiger partial charge in [0.2, 0.25) is 0 Å². The molecular formula is C13H11N. The van der Waals surface area contributed by atoms with Crippen molar-refractivity contribution in [3.63, 3.8) is 0 Å². The van der Waals surface area contributed by atoms with Gasteiger partial charge in [-0.15, -0.1) is 0 Å². The average molecular weight is 181 g/mol. The van der Waals surface area contributed by atoms with Crippen LogP contribution in [0.5, 0.6) is 0 Å². The number of hydrogen-bond donors (Lipinski definition) is 0. The Labute approximate surface area is 83.6 Å². The van der Waals surface area contributed by atoms with Crippen molar-refractivity contribution >= 4 is 10.8 Å². The standard InChI is InChI=1S/C13H11N/c1-10(9-14)12-7-6-11-4-2-3-5-13(11)8-12/h2-8,10H,1H3/t10-/m1/s1. The Morgan fingerprint density at radius 3 is 2.50 bits per heavy atom. The molecule has 0 heterocycles. The molecule has 0 fully saturated rings. The molecule has 0 aromatic heterocycles. The topological polar surface area (TPSA) is 23.8 Å². The molecule has 0 bridgehead atoms. The lowest BCUT2D eigenvalue weighted by Gasteiger charge is -2.04. The summed E-state index contributed by atoms with van der Waals surface area (Å²) in [5.74, 6) is -0.0281. The van der Waals surface area contributed by atoms with Gasteiger partial charge >= 0.3 is 0 Å². The van der Waals surface area contributed by atoms with E-state index in [1.165, 1.54) is 10.8 Å². The van der Waals surface area contributed by atoms with E-state index >= 15 is 0 Å². The second-order valence-electron chi connectivity index (χ2n) is 3.46. The fraction of sp³-hybridized carbons (Fsp3) is 0.154. The third-order valence-electron chi connectivity index (χ3n) is 2.47. The van der Waals surface area contributed by atoms with E-state index in [4.69, 9.17) is 5.26 Å². The molecule has 0 aliphatic heterocycles. The van der Waals surface area contributed by atoms with E-state index in [0.29, 0.717) is 0 Å². The van der Waals surface area contributed by atoms with Gasteiger partial charge in [0.15, 0.2) is 0 Å². The predicted molar refractivity (Wildman–Crippen MR) is 58.0 cm³/mol. The molecule has 2 rings (SSSR count). The van der Waals surface area contributed by atoms with Gasteiger partial charge in [-0.25, -0.2) is 0 Å². The van der Waals surface area contributed by atoms with Crippen molar-refractivity contribution in [2.75, 3.05) is 0 Å². The van der Waals surface area contributed by atoms with Crippen LogP contribution in [0.4, 0.5) is 0 Å². The first kappa shape index (κ1) is 8.77. The van der Waals surface area contributed by atoms with E-state index in [2.05, 4.69) is 30.3 Å². The fourth-order valence-electron chi connectivity index (χ4n) is 1.55. The third-order valence-corrected chi connectivity index (χ3v) is 2.47. The summed E-state index contributed by atoms with van der Waals surface area (Å²) in [6.45, 7) is 1.92. The van der Waals surface area contributed by atoms with Crippen molar-refractivity contribution in [2.24, 2.45) is 0 Å². The van der Waals surface area contributed by atoms with Crippen molar-refractivity contribution in [1.29, 1.82) is 5.26 Å². The third kappa shape index (κ3) is 1.47. The first-order chi connectivity index (χ1) is 6.81. The Bertz CT molecular complexity index is 494. The Balaban J connectivity index is 2.58. The zero-order chi connectivity index (χ0) is 9.97. The molecule has 0 saturated heterocycles. The summed E-state index contributed by atoms with van der Waals surface area (Å²) in [4.78, 5) is 0. The van der Waals surface area contributed by atoms with E-state index in [9.17, 15) is 0 Å². The summed E-state index contributed by atoms with van der Waals surface area (Å²) in [6, 6.07) is 16.6. The van der Waals surface area contributed by atoms with E-state index in [0.717, 1.165) is 5.56 Å². The van der Waals surface area contributed by atoms with Gasteiger partial charge in [-0.2, -0.15) is 5.26 Å². The Morgan fingerprint density at radius 2 is 1.79 bits per heavy atom. The molecule has 0 N–H and O–H groups in total. The Morgan fingerprint density at radius 1 is 1.07 bits per heavy atom. The van der Waals surface area contributed by atoms with Crippen LogP contribution in [-0.4, -0.2) is 0 Å². The molecular weight excluding hydrogens is 170 g/mol. The van der Waals surface area contributed by atoms with E-state index in [-0.39, 0.29) is 5.92 Å². The molecule has 14 heavy (non-hydrogen) atoms. The number of nitrogens with zero attached hydrogens (tertiary/aromatic N) is 1. The van der Waals surface area contributed by atoms with Crippen LogP contribution in [0.15, 0.2) is 42.5 Å². The fourth-order valence-corrected chi connectivity index (χ4v) is 1.55. The largest absolute Gasteiger partial charge is 0.198 e. The SMILES string of the molecule is C[C@H](C#N)c1ccc2ccccc2c1. The van der Waals surface area contributed by atoms with Crippen LogP contribution in [0.1, 0.15) is 18.4 Å². The summed E-state index contributed by atoms with van der Waals surface area (Å²) in [7, 11) is 0. The van der Waals surface area contributed by atoms with Crippen LogP contribution in [0.25, 0.3) is 10.8 Å². The highest BCUT2D eigenvalue weighted by atomic mass is 14.3. The van der Waals surface area contributed by atoms with Gasteiger partial charge in [0.05, 0.1) is 12.0 Å². The summed E-state index contributed by atoms with van der Waals surface area (Å²) in [5.41, 5.74) is 1.09. The van der Waals surface area contributed by atoms with Gasteiger partial charge in [0.25, 0.3) is 0 Å². The average Bonchev–Trinajstić information content (AvgIpc) is 2.27. The lowest BCUT2D eigenvalue weighted by Crippen LogP contribution is -1.88. The first-order valence-corrected chi connectivity index (χ1v) is 4.69. The quantitative estimate of drug-likeness (QED) is 0.660. The minimum atomic E-state index is -0.0281. The molecule has 0 spiro atoms. The second kappa shape index (κ2) is 3.51. The van der Waals surface area contributed by atoms with Gasteiger partial charge < -0.3 is 0 Å². The summed E-state index contributed by atoms with van der Waals surface area (Å²) in [5, 5.41) is 11.2. The smallest absolute Gasteiger partial charge is 0.0700 e. The van der Waals surface area contributed by atoms with E-state index in [1.807, 2.05) is 25.1 Å². The minimum absolute atomic E-state index is 0.0281. The van der Waals surface area contributed by atoms with Gasteiger partial charge in [-0.1, -0.05) is 36.4 Å². The molecule has 0 amide bonds. The monoisotopic (exact) mass is 181 g/mol. The van der Waals surface area contributed by atoms with Gasteiger partial charge in [-0.05, 0) is 29.3 Å². The van der Waals surface area contributed by atoms with Gasteiger partial charge in [0.1, 0.15) is 0 Å². The number of rotatable bonds is 1. The lowest BCUT2D eigenvalue weighted by atomic mass is 9.99. The Hall–Kier alpha value is -1.81. The van der Waals surface area contributed by atoms with Gasteiger partial charge in [-0.3, -0.25) is 0 Å². The lowest BCUT2D eigenvalue weighted by molar-refractivity contribution is 0.985. The van der Waals surface area contributed by atoms with Crippen molar-refractivity contribution < 1.29 is 0 Å². The summed E-state index contributed by atoms with van der Waals surface area (Å²) in [6.07, 6.45) is 0. The molecule has 2 aromatic carbocycles. The van der Waals surface area contributed by atoms with Crippen LogP contribution in [0, 0.1) is 11.3 Å². The van der Waals surface area contributed by atoms with Crippen molar-refractivity contribution in [1.82, 2.24) is 0 Å². The van der Waals surface area contributed by atoms with Crippen LogP contribution in [0.2, 0.25) is 0 Å². The molecule has 0 radical (unpaired) electrons. The number of benzene rings is 2. The van der Waals surface area contributed by atoms with Crippen molar-refractivity contribution in [3.8, 4) is 6.07 Å². The zero-order valence-corrected chi connectivity index (χ0v) is 8.07. The predicted octanol–water partition coefficient (Wildman–Crippen LogP) is 3.47. The first-order valence-electron chi connectivity index (χ1n) is 4.69. The van der Waals surface area contributed by atoms with E-state index in [1.54, 1.807) is 0 Å². The van der Waals surface area contributed by atoms with Crippen LogP contribution < -0.4 is 0 Å². The highest BCUT2D eigenvalue weighted by Gasteiger charge is 2.03. The second-order valence-corrected chi connectivity index (χ2v) is 3.46. The number of nitriles is 1. The molecule has 68 valence electrons. The molecule has 0 aliphatic rings. The van der Waals surface area contributed by atoms with Crippen molar-refractivity contribution in [2.45, 2.75) is 12.8 Å². The maximum atomic E-state index is 8.81. The highest BCUT2D eigenvalue weighted by molar-refractivity contribution is 5.83. The molecule has 2 aromatic rings.